The van der Waals surface area contributed by atoms with E-state index in [9.17, 15) is 43.2 Å². The summed E-state index contributed by atoms with van der Waals surface area (Å²) >= 11 is 0. The van der Waals surface area contributed by atoms with Gasteiger partial charge in [-0.1, -0.05) is 300 Å². The Morgan fingerprint density at radius 1 is 0.259 bits per heavy atom. The topological polar surface area (TPSA) is 237 Å². The first-order valence-corrected chi connectivity index (χ1v) is 46.0. The van der Waals surface area contributed by atoms with Gasteiger partial charge in [-0.2, -0.15) is 0 Å². The molecule has 5 unspecified atom stereocenters. The number of hydrogen-bond acceptors (Lipinski definition) is 15. The van der Waals surface area contributed by atoms with Crippen molar-refractivity contribution in [1.82, 2.24) is 0 Å². The van der Waals surface area contributed by atoms with Crippen molar-refractivity contribution in [2.24, 2.45) is 0 Å². The second-order valence-electron chi connectivity index (χ2n) is 28.0. The van der Waals surface area contributed by atoms with Crippen LogP contribution in [-0.2, 0) is 65.4 Å². The maximum Gasteiger partial charge on any atom is 0.472 e. The summed E-state index contributed by atoms with van der Waals surface area (Å²) in [5.41, 5.74) is 0. The zero-order chi connectivity index (χ0) is 81.7. The summed E-state index contributed by atoms with van der Waals surface area (Å²) in [6.07, 6.45) is 101. The monoisotopic (exact) mass is 1600 g/mol. The molecule has 0 saturated heterocycles. The number of aliphatic hydroxyl groups is 1. The molecule has 0 aromatic carbocycles. The minimum absolute atomic E-state index is 0.0609. The summed E-state index contributed by atoms with van der Waals surface area (Å²) in [4.78, 5) is 73.3. The Labute approximate surface area is 679 Å². The molecular formula is C93H152O17P2. The lowest BCUT2D eigenvalue weighted by molar-refractivity contribution is -0.161. The number of hydrogen-bond donors (Lipinski definition) is 3. The van der Waals surface area contributed by atoms with E-state index in [0.29, 0.717) is 25.7 Å². The van der Waals surface area contributed by atoms with Crippen molar-refractivity contribution < 1.29 is 80.2 Å². The van der Waals surface area contributed by atoms with Gasteiger partial charge < -0.3 is 33.8 Å². The molecule has 19 heteroatoms. The molecule has 0 amide bonds. The van der Waals surface area contributed by atoms with E-state index >= 15 is 0 Å². The number of phosphoric ester groups is 2. The van der Waals surface area contributed by atoms with Gasteiger partial charge in [0, 0.05) is 25.7 Å². The predicted molar refractivity (Wildman–Crippen MR) is 463 cm³/mol. The van der Waals surface area contributed by atoms with Gasteiger partial charge in [0.05, 0.1) is 26.4 Å². The van der Waals surface area contributed by atoms with Gasteiger partial charge in [0.15, 0.2) is 12.2 Å². The number of aliphatic hydroxyl groups excluding tert-OH is 1. The minimum Gasteiger partial charge on any atom is -0.462 e. The molecule has 5 atom stereocenters. The standard InChI is InChI=1S/C93H152O17P2/c1-5-9-13-17-21-25-29-33-37-40-43-46-50-53-57-61-65-69-73-77-90(95)103-83-88(109-92(97)79-75-71-67-63-59-55-49-36-32-28-24-20-16-12-8-4)85-107-111(99,100)105-81-87(94)82-106-112(101,102)108-86-89(110-93(98)80-76-72-68-64-60-56-52-48-45-42-39-35-31-27-23-19-15-11-7-3)84-104-91(96)78-74-70-66-62-58-54-51-47-44-41-38-34-30-26-22-18-14-10-6-2/h9-10,12-14,16,21-28,33-39,43-49,53,57,87-89,94H,5-8,11,15,17-20,29-32,40-42,50-52,54-56,58-86H2,1-4H3,(H,99,100)(H,101,102)/b13-9-,14-10-,16-12-,25-21-,26-22-,27-23-,28-24-,37-33-,38-34-,39-35-,46-43-,47-44-,48-45-,49-36-,57-53-. The van der Waals surface area contributed by atoms with Crippen LogP contribution in [0, 0.1) is 0 Å². The lowest BCUT2D eigenvalue weighted by Crippen LogP contribution is -2.30. The summed E-state index contributed by atoms with van der Waals surface area (Å²) in [7, 11) is -10.0. The van der Waals surface area contributed by atoms with Crippen LogP contribution in [0.3, 0.4) is 0 Å². The number of rotatable bonds is 79. The number of phosphoric acid groups is 2. The van der Waals surface area contributed by atoms with Gasteiger partial charge in [0.25, 0.3) is 0 Å². The Morgan fingerprint density at radius 3 is 0.723 bits per heavy atom. The van der Waals surface area contributed by atoms with Crippen molar-refractivity contribution >= 4 is 39.5 Å². The molecule has 0 aliphatic rings. The van der Waals surface area contributed by atoms with Gasteiger partial charge in [-0.25, -0.2) is 9.13 Å². The van der Waals surface area contributed by atoms with Crippen molar-refractivity contribution in [1.29, 1.82) is 0 Å². The van der Waals surface area contributed by atoms with E-state index in [1.807, 2.05) is 0 Å². The molecule has 0 spiro atoms. The zero-order valence-corrected chi connectivity index (χ0v) is 71.6. The van der Waals surface area contributed by atoms with E-state index < -0.39 is 97.5 Å². The van der Waals surface area contributed by atoms with Crippen molar-refractivity contribution in [2.45, 2.75) is 341 Å². The number of allylic oxidation sites excluding steroid dienone is 30. The molecule has 112 heavy (non-hydrogen) atoms. The van der Waals surface area contributed by atoms with Crippen LogP contribution in [-0.4, -0.2) is 96.7 Å². The van der Waals surface area contributed by atoms with Gasteiger partial charge in [-0.3, -0.25) is 37.3 Å². The van der Waals surface area contributed by atoms with Crippen LogP contribution in [0.15, 0.2) is 182 Å². The third-order valence-electron chi connectivity index (χ3n) is 17.3. The second-order valence-corrected chi connectivity index (χ2v) is 30.9. The van der Waals surface area contributed by atoms with Gasteiger partial charge >= 0.3 is 39.5 Å². The first-order chi connectivity index (χ1) is 54.7. The van der Waals surface area contributed by atoms with Crippen LogP contribution in [0.25, 0.3) is 0 Å². The van der Waals surface area contributed by atoms with Crippen LogP contribution in [0.5, 0.6) is 0 Å². The SMILES string of the molecule is CC/C=C\C/C=C\C/C=C\C/C=C\C/C=C\CCCCCC(=O)OCC(COP(=O)(O)OCC(O)COP(=O)(O)OCC(COC(=O)CCCCCCCC/C=C\C/C=C\C/C=C\C/C=C\CC)OC(=O)CCCCCCCC/C=C\C/C=C\C/C=C\CCCCC)OC(=O)CCCCCCC/C=C\C/C=C\C/C=C\CC. The number of esters is 4. The molecule has 17 nitrogen and oxygen atoms in total. The lowest BCUT2D eigenvalue weighted by atomic mass is 10.1. The molecule has 0 aromatic heterocycles. The molecule has 0 saturated carbocycles. The highest BCUT2D eigenvalue weighted by molar-refractivity contribution is 7.47. The first kappa shape index (κ1) is 106. The Morgan fingerprint density at radius 2 is 0.464 bits per heavy atom. The molecule has 3 N–H and O–H groups in total. The molecule has 0 radical (unpaired) electrons. The third-order valence-corrected chi connectivity index (χ3v) is 19.2. The Kier molecular flexibility index (Phi) is 78.8. The summed E-state index contributed by atoms with van der Waals surface area (Å²) in [6, 6.07) is 0. The average Bonchev–Trinajstić information content (AvgIpc) is 0.898. The maximum absolute atomic E-state index is 13.2. The summed E-state index contributed by atoms with van der Waals surface area (Å²) in [6.45, 7) is 4.43. The molecule has 0 heterocycles. The van der Waals surface area contributed by atoms with Crippen LogP contribution < -0.4 is 0 Å². The van der Waals surface area contributed by atoms with Crippen LogP contribution in [0.2, 0.25) is 0 Å². The Balaban J connectivity index is 5.47. The molecule has 0 aromatic rings. The predicted octanol–water partition coefficient (Wildman–Crippen LogP) is 25.9. The van der Waals surface area contributed by atoms with Crippen LogP contribution in [0.4, 0.5) is 0 Å². The van der Waals surface area contributed by atoms with Crippen molar-refractivity contribution in [2.75, 3.05) is 39.6 Å². The van der Waals surface area contributed by atoms with E-state index in [1.54, 1.807) is 0 Å². The fourth-order valence-electron chi connectivity index (χ4n) is 10.9. The molecule has 636 valence electrons. The van der Waals surface area contributed by atoms with Crippen molar-refractivity contribution in [3.8, 4) is 0 Å². The molecular weight excluding hydrogens is 1450 g/mol. The van der Waals surface area contributed by atoms with Gasteiger partial charge in [-0.15, -0.1) is 0 Å². The number of unbranched alkanes of at least 4 members (excludes halogenated alkanes) is 23. The summed E-state index contributed by atoms with van der Waals surface area (Å²) in [5, 5.41) is 10.7. The van der Waals surface area contributed by atoms with Gasteiger partial charge in [-0.05, 0) is 180 Å². The van der Waals surface area contributed by atoms with E-state index in [-0.39, 0.29) is 25.7 Å². The molecule has 0 aliphatic carbocycles. The minimum atomic E-state index is -5.01. The zero-order valence-electron chi connectivity index (χ0n) is 69.8. The number of ether oxygens (including phenoxy) is 4. The summed E-state index contributed by atoms with van der Waals surface area (Å²) < 4.78 is 68.8. The third kappa shape index (κ3) is 82.2. The highest BCUT2D eigenvalue weighted by atomic mass is 31.2. The maximum atomic E-state index is 13.2. The Hall–Kier alpha value is -5.84. The highest BCUT2D eigenvalue weighted by Gasteiger charge is 2.30. The van der Waals surface area contributed by atoms with E-state index in [1.165, 1.54) is 19.3 Å². The lowest BCUT2D eigenvalue weighted by Gasteiger charge is -2.21. The molecule has 0 rings (SSSR count). The highest BCUT2D eigenvalue weighted by Crippen LogP contribution is 2.45. The van der Waals surface area contributed by atoms with Crippen molar-refractivity contribution in [3.05, 3.63) is 182 Å². The normalized spacial score (nSPS) is 14.7. The molecule has 0 aliphatic heterocycles. The van der Waals surface area contributed by atoms with Gasteiger partial charge in [0.2, 0.25) is 0 Å². The number of carbonyl (C=O) groups excluding carboxylic acids is 4. The smallest absolute Gasteiger partial charge is 0.462 e. The first-order valence-electron chi connectivity index (χ1n) is 43.0. The van der Waals surface area contributed by atoms with Crippen molar-refractivity contribution in [3.63, 3.8) is 0 Å². The average molecular weight is 1600 g/mol. The van der Waals surface area contributed by atoms with E-state index in [2.05, 4.69) is 210 Å². The van der Waals surface area contributed by atoms with E-state index in [0.717, 1.165) is 225 Å². The quantitative estimate of drug-likeness (QED) is 0.0169. The van der Waals surface area contributed by atoms with Gasteiger partial charge in [0.1, 0.15) is 19.3 Å². The largest absolute Gasteiger partial charge is 0.472 e. The molecule has 0 fully saturated rings. The fourth-order valence-corrected chi connectivity index (χ4v) is 12.5. The fraction of sp³-hybridized carbons (Fsp3) is 0.634. The number of carbonyl (C=O) groups is 4. The summed E-state index contributed by atoms with van der Waals surface area (Å²) in [5.74, 6) is -2.27. The second kappa shape index (κ2) is 83.1. The Bertz CT molecular complexity index is 2840. The molecule has 0 bridgehead atoms. The van der Waals surface area contributed by atoms with Crippen LogP contribution in [0.1, 0.15) is 323 Å². The van der Waals surface area contributed by atoms with E-state index in [4.69, 9.17) is 37.0 Å². The van der Waals surface area contributed by atoms with Crippen LogP contribution >= 0.6 is 15.6 Å².